The third-order valence-electron chi connectivity index (χ3n) is 8.55. The number of benzene rings is 3. The Morgan fingerprint density at radius 3 is 2.50 bits per heavy atom. The summed E-state index contributed by atoms with van der Waals surface area (Å²) in [4.78, 5) is 11.4. The monoisotopic (exact) mass is 510 g/mol. The van der Waals surface area contributed by atoms with Gasteiger partial charge in [0.25, 0.3) is 0 Å². The van der Waals surface area contributed by atoms with Crippen LogP contribution in [0.15, 0.2) is 84.9 Å². The van der Waals surface area contributed by atoms with Crippen molar-refractivity contribution in [1.82, 2.24) is 0 Å². The van der Waals surface area contributed by atoms with Gasteiger partial charge in [-0.2, -0.15) is 0 Å². The van der Waals surface area contributed by atoms with Gasteiger partial charge in [0.15, 0.2) is 6.61 Å². The fourth-order valence-electron chi connectivity index (χ4n) is 6.34. The molecule has 38 heavy (non-hydrogen) atoms. The van der Waals surface area contributed by atoms with E-state index < -0.39 is 12.6 Å². The maximum absolute atomic E-state index is 11.4. The predicted molar refractivity (Wildman–Crippen MR) is 151 cm³/mol. The highest BCUT2D eigenvalue weighted by molar-refractivity contribution is 5.68. The van der Waals surface area contributed by atoms with Gasteiger partial charge in [-0.05, 0) is 67.0 Å². The van der Waals surface area contributed by atoms with Crippen LogP contribution in [-0.2, 0) is 21.4 Å². The van der Waals surface area contributed by atoms with E-state index in [2.05, 4.69) is 88.0 Å². The number of hydrogen-bond donors (Lipinski definition) is 1. The third-order valence-corrected chi connectivity index (χ3v) is 8.55. The first-order valence-corrected chi connectivity index (χ1v) is 13.7. The van der Waals surface area contributed by atoms with Crippen molar-refractivity contribution in [3.8, 4) is 5.75 Å². The molecule has 1 saturated heterocycles. The van der Waals surface area contributed by atoms with E-state index >= 15 is 0 Å². The Morgan fingerprint density at radius 1 is 1.03 bits per heavy atom. The van der Waals surface area contributed by atoms with Crippen molar-refractivity contribution in [3.05, 3.63) is 113 Å². The van der Waals surface area contributed by atoms with Gasteiger partial charge in [-0.15, -0.1) is 0 Å². The topological polar surface area (TPSA) is 55.8 Å². The summed E-state index contributed by atoms with van der Waals surface area (Å²) in [6.07, 6.45) is 3.95. The molecule has 1 heterocycles. The van der Waals surface area contributed by atoms with E-state index in [1.807, 2.05) is 12.1 Å². The molecule has 198 valence electrons. The summed E-state index contributed by atoms with van der Waals surface area (Å²) in [6.45, 7) is 10.5. The molecule has 0 bridgehead atoms. The lowest BCUT2D eigenvalue weighted by atomic mass is 9.73. The third kappa shape index (κ3) is 5.15. The van der Waals surface area contributed by atoms with Gasteiger partial charge in [0, 0.05) is 22.8 Å². The number of aryl methyl sites for hydroxylation is 1. The Kier molecular flexibility index (Phi) is 7.45. The zero-order valence-corrected chi connectivity index (χ0v) is 22.7. The van der Waals surface area contributed by atoms with Crippen molar-refractivity contribution in [3.63, 3.8) is 0 Å². The Bertz CT molecular complexity index is 1310. The van der Waals surface area contributed by atoms with Crippen molar-refractivity contribution < 1.29 is 19.4 Å². The second-order valence-electron chi connectivity index (χ2n) is 11.4. The first-order valence-electron chi connectivity index (χ1n) is 13.7. The Hall–Kier alpha value is -3.37. The fraction of sp³-hybridized carbons (Fsp3) is 0.382. The first kappa shape index (κ1) is 26.2. The molecule has 0 radical (unpaired) electrons. The van der Waals surface area contributed by atoms with E-state index in [0.29, 0.717) is 11.7 Å². The van der Waals surface area contributed by atoms with Crippen LogP contribution in [-0.4, -0.2) is 23.8 Å². The zero-order valence-electron chi connectivity index (χ0n) is 22.7. The molecule has 0 spiro atoms. The second-order valence-corrected chi connectivity index (χ2v) is 11.4. The molecule has 4 nitrogen and oxygen atoms in total. The zero-order chi connectivity index (χ0) is 26.9. The van der Waals surface area contributed by atoms with E-state index in [1.54, 1.807) is 0 Å². The summed E-state index contributed by atoms with van der Waals surface area (Å²) >= 11 is 0. The number of carboxylic acid groups (broad SMARTS) is 1. The van der Waals surface area contributed by atoms with Crippen LogP contribution in [0.25, 0.3) is 0 Å². The highest BCUT2D eigenvalue weighted by Gasteiger charge is 2.42. The van der Waals surface area contributed by atoms with Crippen molar-refractivity contribution >= 4 is 5.97 Å². The molecule has 0 amide bonds. The highest BCUT2D eigenvalue weighted by atomic mass is 16.5. The number of rotatable bonds is 7. The molecule has 2 aliphatic rings. The van der Waals surface area contributed by atoms with E-state index in [4.69, 9.17) is 9.47 Å². The quantitative estimate of drug-likeness (QED) is 0.332. The minimum absolute atomic E-state index is 0.0877. The molecular weight excluding hydrogens is 472 g/mol. The average molecular weight is 511 g/mol. The van der Waals surface area contributed by atoms with Gasteiger partial charge in [-0.25, -0.2) is 4.79 Å². The van der Waals surface area contributed by atoms with Gasteiger partial charge in [0.2, 0.25) is 0 Å². The lowest BCUT2D eigenvalue weighted by molar-refractivity contribution is -0.139. The van der Waals surface area contributed by atoms with Crippen molar-refractivity contribution in [2.24, 2.45) is 5.92 Å². The molecule has 5 rings (SSSR count). The minimum Gasteiger partial charge on any atom is -0.482 e. The van der Waals surface area contributed by atoms with E-state index in [0.717, 1.165) is 42.4 Å². The van der Waals surface area contributed by atoms with Crippen LogP contribution >= 0.6 is 0 Å². The SMILES string of the molecule is C=C(C)[C@H]1C[C@@H]2c3ccccc3CCC[C@@H]2O[C@@H]1c1cc(C(C)(C)c2ccccc2)ccc1OCC(=O)O. The molecule has 4 atom stereocenters. The Balaban J connectivity index is 1.58. The molecule has 0 aromatic heterocycles. The minimum atomic E-state index is -0.994. The fourth-order valence-corrected chi connectivity index (χ4v) is 6.34. The number of hydrogen-bond acceptors (Lipinski definition) is 3. The maximum Gasteiger partial charge on any atom is 0.341 e. The Morgan fingerprint density at radius 2 is 1.76 bits per heavy atom. The summed E-state index contributed by atoms with van der Waals surface area (Å²) in [7, 11) is 0. The molecule has 1 aliphatic heterocycles. The van der Waals surface area contributed by atoms with Gasteiger partial charge in [-0.3, -0.25) is 0 Å². The highest BCUT2D eigenvalue weighted by Crippen LogP contribution is 2.51. The van der Waals surface area contributed by atoms with Crippen molar-refractivity contribution in [1.29, 1.82) is 0 Å². The molecule has 4 heteroatoms. The molecule has 0 unspecified atom stereocenters. The Labute approximate surface area is 226 Å². The number of ether oxygens (including phenoxy) is 2. The number of aliphatic carboxylic acids is 1. The van der Waals surface area contributed by atoms with E-state index in [-0.39, 0.29) is 23.5 Å². The second kappa shape index (κ2) is 10.8. The van der Waals surface area contributed by atoms with Gasteiger partial charge in [0.1, 0.15) is 5.75 Å². The first-order chi connectivity index (χ1) is 18.3. The number of carboxylic acids is 1. The van der Waals surface area contributed by atoms with Crippen LogP contribution in [0.5, 0.6) is 5.75 Å². The van der Waals surface area contributed by atoms with Crippen molar-refractivity contribution in [2.45, 2.75) is 70.0 Å². The summed E-state index contributed by atoms with van der Waals surface area (Å²) < 4.78 is 12.9. The van der Waals surface area contributed by atoms with Gasteiger partial charge >= 0.3 is 5.97 Å². The molecular formula is C34H38O4. The largest absolute Gasteiger partial charge is 0.482 e. The summed E-state index contributed by atoms with van der Waals surface area (Å²) in [6, 6.07) is 25.4. The number of fused-ring (bicyclic) bond motifs is 3. The molecule has 1 aliphatic carbocycles. The van der Waals surface area contributed by atoms with Gasteiger partial charge in [-0.1, -0.05) is 86.7 Å². The van der Waals surface area contributed by atoms with Crippen LogP contribution in [0.1, 0.15) is 79.9 Å². The normalized spacial score (nSPS) is 23.0. The van der Waals surface area contributed by atoms with E-state index in [1.165, 1.54) is 16.7 Å². The molecule has 1 fully saturated rings. The lowest BCUT2D eigenvalue weighted by Crippen LogP contribution is -2.36. The van der Waals surface area contributed by atoms with Crippen LogP contribution in [0, 0.1) is 5.92 Å². The van der Waals surface area contributed by atoms with Crippen LogP contribution < -0.4 is 4.74 Å². The van der Waals surface area contributed by atoms with Crippen LogP contribution in [0.3, 0.4) is 0 Å². The van der Waals surface area contributed by atoms with Crippen molar-refractivity contribution in [2.75, 3.05) is 6.61 Å². The average Bonchev–Trinajstić information content (AvgIpc) is 3.10. The standard InChI is InChI=1S/C34H38O4/c1-22(2)27-20-28-26-15-9-8-11-23(26)12-10-16-31(28)38-33(27)29-19-25(17-18-30(29)37-21-32(35)36)34(3,4)24-13-6-5-7-14-24/h5-9,11,13-15,17-19,27-28,31,33H,1,10,12,16,20-21H2,2-4H3,(H,35,36)/t27-,28-,31+,33+/m1/s1. The summed E-state index contributed by atoms with van der Waals surface area (Å²) in [5.74, 6) is -0.0153. The molecule has 3 aromatic carbocycles. The maximum atomic E-state index is 11.4. The predicted octanol–water partition coefficient (Wildman–Crippen LogP) is 7.62. The van der Waals surface area contributed by atoms with E-state index in [9.17, 15) is 9.90 Å². The van der Waals surface area contributed by atoms with Crippen LogP contribution in [0.2, 0.25) is 0 Å². The smallest absolute Gasteiger partial charge is 0.341 e. The molecule has 0 saturated carbocycles. The summed E-state index contributed by atoms with van der Waals surface area (Å²) in [5.41, 5.74) is 6.92. The summed E-state index contributed by atoms with van der Waals surface area (Å²) in [5, 5.41) is 9.36. The van der Waals surface area contributed by atoms with Crippen LogP contribution in [0.4, 0.5) is 0 Å². The molecule has 3 aromatic rings. The molecule has 1 N–H and O–H groups in total. The van der Waals surface area contributed by atoms with Gasteiger partial charge in [0.05, 0.1) is 12.2 Å². The van der Waals surface area contributed by atoms with Gasteiger partial charge < -0.3 is 14.6 Å². The lowest BCUT2D eigenvalue weighted by Gasteiger charge is -2.43. The number of carbonyl (C=O) groups is 1.